The number of benzene rings is 2. The van der Waals surface area contributed by atoms with Gasteiger partial charge in [-0.05, 0) is 26.0 Å². The smallest absolute Gasteiger partial charge is 0.155 e. The van der Waals surface area contributed by atoms with Crippen molar-refractivity contribution >= 4 is 0 Å². The Morgan fingerprint density at radius 2 is 1.79 bits per heavy atom. The van der Waals surface area contributed by atoms with Crippen molar-refractivity contribution in [1.29, 1.82) is 0 Å². The molecule has 2 heterocycles. The number of aryl methyl sites for hydroxylation is 1. The van der Waals surface area contributed by atoms with Gasteiger partial charge in [0.05, 0.1) is 29.2 Å². The second kappa shape index (κ2) is 9.35. The van der Waals surface area contributed by atoms with Crippen molar-refractivity contribution in [2.75, 3.05) is 26.2 Å². The number of nitrogens with one attached hydrogen (secondary N) is 1. The standard InChI is InChI=1S/C24H30N4O/c1-19-24(20(2)28(26-19)22-11-7-4-8-12-22)16-25-15-23-18-27(13-14-29-23)17-21-9-5-3-6-10-21/h3-12,23,25H,13-18H2,1-2H3/p+2/t23-/m0/s1. The van der Waals surface area contributed by atoms with Crippen LogP contribution in [-0.2, 0) is 17.8 Å². The third-order valence-electron chi connectivity index (χ3n) is 5.84. The Morgan fingerprint density at radius 3 is 2.55 bits per heavy atom. The maximum absolute atomic E-state index is 6.05. The third kappa shape index (κ3) is 4.93. The maximum atomic E-state index is 6.05. The summed E-state index contributed by atoms with van der Waals surface area (Å²) in [6.07, 6.45) is 0.312. The molecular weight excluding hydrogens is 360 g/mol. The van der Waals surface area contributed by atoms with Crippen molar-refractivity contribution < 1.29 is 15.0 Å². The number of nitrogens with two attached hydrogens (primary N) is 1. The van der Waals surface area contributed by atoms with Crippen molar-refractivity contribution in [3.05, 3.63) is 83.2 Å². The van der Waals surface area contributed by atoms with E-state index < -0.39 is 0 Å². The van der Waals surface area contributed by atoms with Crippen LogP contribution in [0, 0.1) is 13.8 Å². The molecule has 152 valence electrons. The lowest BCUT2D eigenvalue weighted by Gasteiger charge is -2.29. The predicted octanol–water partition coefficient (Wildman–Crippen LogP) is 1.04. The topological polar surface area (TPSA) is 48.1 Å². The molecule has 0 spiro atoms. The van der Waals surface area contributed by atoms with E-state index in [4.69, 9.17) is 9.84 Å². The highest BCUT2D eigenvalue weighted by molar-refractivity contribution is 5.36. The zero-order valence-corrected chi connectivity index (χ0v) is 17.5. The number of hydrogen-bond donors (Lipinski definition) is 2. The summed E-state index contributed by atoms with van der Waals surface area (Å²) in [7, 11) is 0. The number of rotatable bonds is 7. The van der Waals surface area contributed by atoms with E-state index in [9.17, 15) is 0 Å². The summed E-state index contributed by atoms with van der Waals surface area (Å²) in [6, 6.07) is 21.1. The first kappa shape index (κ1) is 19.8. The Labute approximate surface area is 173 Å². The molecule has 0 radical (unpaired) electrons. The monoisotopic (exact) mass is 392 g/mol. The summed E-state index contributed by atoms with van der Waals surface area (Å²) < 4.78 is 8.10. The first-order chi connectivity index (χ1) is 14.2. The van der Waals surface area contributed by atoms with Crippen LogP contribution in [0.3, 0.4) is 0 Å². The van der Waals surface area contributed by atoms with Gasteiger partial charge in [-0.15, -0.1) is 0 Å². The van der Waals surface area contributed by atoms with Gasteiger partial charge in [-0.2, -0.15) is 5.10 Å². The maximum Gasteiger partial charge on any atom is 0.155 e. The molecule has 1 aromatic heterocycles. The molecule has 0 saturated carbocycles. The van der Waals surface area contributed by atoms with Gasteiger partial charge in [0.2, 0.25) is 0 Å². The summed E-state index contributed by atoms with van der Waals surface area (Å²) in [5.74, 6) is 0. The number of morpholine rings is 1. The molecule has 3 aromatic rings. The molecule has 2 aromatic carbocycles. The van der Waals surface area contributed by atoms with Gasteiger partial charge < -0.3 is 15.0 Å². The average Bonchev–Trinajstić information content (AvgIpc) is 3.04. The molecule has 0 amide bonds. The van der Waals surface area contributed by atoms with E-state index in [1.165, 1.54) is 16.8 Å². The minimum absolute atomic E-state index is 0.312. The van der Waals surface area contributed by atoms with Gasteiger partial charge >= 0.3 is 0 Å². The van der Waals surface area contributed by atoms with E-state index in [1.807, 2.05) is 6.07 Å². The van der Waals surface area contributed by atoms with E-state index in [-0.39, 0.29) is 0 Å². The van der Waals surface area contributed by atoms with E-state index in [0.29, 0.717) is 6.10 Å². The predicted molar refractivity (Wildman–Crippen MR) is 114 cm³/mol. The first-order valence-electron chi connectivity index (χ1n) is 10.6. The van der Waals surface area contributed by atoms with Gasteiger partial charge in [-0.1, -0.05) is 48.5 Å². The zero-order valence-electron chi connectivity index (χ0n) is 17.5. The number of para-hydroxylation sites is 1. The van der Waals surface area contributed by atoms with Crippen LogP contribution in [0.1, 0.15) is 22.5 Å². The molecule has 0 bridgehead atoms. The van der Waals surface area contributed by atoms with Crippen LogP contribution in [0.2, 0.25) is 0 Å². The van der Waals surface area contributed by atoms with Gasteiger partial charge in [0.15, 0.2) is 6.10 Å². The summed E-state index contributed by atoms with van der Waals surface area (Å²) in [6.45, 7) is 10.3. The summed E-state index contributed by atoms with van der Waals surface area (Å²) in [4.78, 5) is 1.62. The summed E-state index contributed by atoms with van der Waals surface area (Å²) in [5, 5.41) is 7.14. The SMILES string of the molecule is Cc1nn(-c2ccccc2)c(C)c1C[NH2+]C[C@H]1C[NH+](Cc2ccccc2)CCO1. The molecule has 2 atom stereocenters. The highest BCUT2D eigenvalue weighted by atomic mass is 16.5. The van der Waals surface area contributed by atoms with Gasteiger partial charge in [-0.25, -0.2) is 4.68 Å². The van der Waals surface area contributed by atoms with Gasteiger partial charge in [0.1, 0.15) is 32.7 Å². The minimum Gasteiger partial charge on any atom is -0.361 e. The van der Waals surface area contributed by atoms with Crippen molar-refractivity contribution in [2.24, 2.45) is 0 Å². The molecular formula is C24H32N4O+2. The molecule has 29 heavy (non-hydrogen) atoms. The van der Waals surface area contributed by atoms with Gasteiger partial charge in [-0.3, -0.25) is 0 Å². The van der Waals surface area contributed by atoms with Crippen LogP contribution in [0.4, 0.5) is 0 Å². The van der Waals surface area contributed by atoms with Gasteiger partial charge in [0.25, 0.3) is 0 Å². The fourth-order valence-electron chi connectivity index (χ4n) is 4.25. The molecule has 0 aliphatic carbocycles. The quantitative estimate of drug-likeness (QED) is 0.631. The lowest BCUT2D eigenvalue weighted by atomic mass is 10.1. The highest BCUT2D eigenvalue weighted by Gasteiger charge is 2.25. The van der Waals surface area contributed by atoms with Crippen LogP contribution in [0.25, 0.3) is 5.69 Å². The number of hydrogen-bond acceptors (Lipinski definition) is 2. The third-order valence-corrected chi connectivity index (χ3v) is 5.84. The largest absolute Gasteiger partial charge is 0.361 e. The van der Waals surface area contributed by atoms with Crippen LogP contribution in [0.15, 0.2) is 60.7 Å². The van der Waals surface area contributed by atoms with E-state index in [2.05, 4.69) is 78.4 Å². The minimum atomic E-state index is 0.312. The molecule has 4 rings (SSSR count). The van der Waals surface area contributed by atoms with Crippen molar-refractivity contribution in [3.8, 4) is 5.69 Å². The lowest BCUT2D eigenvalue weighted by Crippen LogP contribution is -3.14. The van der Waals surface area contributed by atoms with Crippen molar-refractivity contribution in [3.63, 3.8) is 0 Å². The number of aromatic nitrogens is 2. The van der Waals surface area contributed by atoms with E-state index in [0.717, 1.165) is 50.7 Å². The van der Waals surface area contributed by atoms with E-state index >= 15 is 0 Å². The number of quaternary nitrogens is 2. The van der Waals surface area contributed by atoms with Crippen LogP contribution >= 0.6 is 0 Å². The fourth-order valence-corrected chi connectivity index (χ4v) is 4.25. The molecule has 1 fully saturated rings. The molecule has 1 saturated heterocycles. The highest BCUT2D eigenvalue weighted by Crippen LogP contribution is 2.16. The molecule has 1 unspecified atom stereocenters. The Balaban J connectivity index is 1.31. The number of nitrogens with zero attached hydrogens (tertiary/aromatic N) is 2. The lowest BCUT2D eigenvalue weighted by molar-refractivity contribution is -0.927. The van der Waals surface area contributed by atoms with Crippen molar-refractivity contribution in [2.45, 2.75) is 33.0 Å². The van der Waals surface area contributed by atoms with Crippen LogP contribution in [0.5, 0.6) is 0 Å². The zero-order chi connectivity index (χ0) is 20.1. The average molecular weight is 393 g/mol. The molecule has 1 aliphatic heterocycles. The second-order valence-corrected chi connectivity index (χ2v) is 7.98. The van der Waals surface area contributed by atoms with E-state index in [1.54, 1.807) is 4.90 Å². The Kier molecular flexibility index (Phi) is 6.39. The molecule has 5 nitrogen and oxygen atoms in total. The summed E-state index contributed by atoms with van der Waals surface area (Å²) >= 11 is 0. The Bertz CT molecular complexity index is 907. The Hall–Kier alpha value is -2.47. The second-order valence-electron chi connectivity index (χ2n) is 7.98. The molecule has 3 N–H and O–H groups in total. The van der Waals surface area contributed by atoms with Crippen LogP contribution < -0.4 is 10.2 Å². The fraction of sp³-hybridized carbons (Fsp3) is 0.375. The van der Waals surface area contributed by atoms with Gasteiger partial charge in [0, 0.05) is 5.56 Å². The summed E-state index contributed by atoms with van der Waals surface area (Å²) in [5.41, 5.74) is 6.20. The van der Waals surface area contributed by atoms with Crippen molar-refractivity contribution in [1.82, 2.24) is 9.78 Å². The molecule has 1 aliphatic rings. The first-order valence-corrected chi connectivity index (χ1v) is 10.6. The Morgan fingerprint density at radius 1 is 1.07 bits per heavy atom. The number of ether oxygens (including phenoxy) is 1. The molecule has 5 heteroatoms. The normalized spacial score (nSPS) is 19.4. The van der Waals surface area contributed by atoms with Crippen LogP contribution in [-0.4, -0.2) is 42.1 Å².